The number of aromatic nitrogens is 4. The van der Waals surface area contributed by atoms with Crippen LogP contribution in [0.4, 0.5) is 5.82 Å². The predicted molar refractivity (Wildman–Crippen MR) is 92.4 cm³/mol. The molecule has 0 aliphatic carbocycles. The molecule has 25 heavy (non-hydrogen) atoms. The maximum Gasteiger partial charge on any atom is 0.260 e. The first kappa shape index (κ1) is 15.4. The highest BCUT2D eigenvalue weighted by atomic mass is 16.5. The maximum atomic E-state index is 12.7. The van der Waals surface area contributed by atoms with Crippen LogP contribution < -0.4 is 9.64 Å². The monoisotopic (exact) mass is 337 g/mol. The fourth-order valence-corrected chi connectivity index (χ4v) is 3.12. The Morgan fingerprint density at radius 3 is 2.68 bits per heavy atom. The summed E-state index contributed by atoms with van der Waals surface area (Å²) < 4.78 is 9.29. The molecule has 1 amide bonds. The lowest BCUT2D eigenvalue weighted by Gasteiger charge is -2.14. The van der Waals surface area contributed by atoms with Gasteiger partial charge in [-0.2, -0.15) is 10.2 Å². The summed E-state index contributed by atoms with van der Waals surface area (Å²) in [6, 6.07) is 9.43. The standard InChI is InChI=1S/C18H19N5O2/c1-12-8-17(22(3)19-12)23-10-13-9-15(4-5-16(13)18(23)24)25-11-14-6-7-21(2)20-14/h4-9H,10-11H2,1-3H3. The number of fused-ring (bicyclic) bond motifs is 1. The van der Waals surface area contributed by atoms with Crippen LogP contribution in [0.2, 0.25) is 0 Å². The normalized spacial score (nSPS) is 13.4. The van der Waals surface area contributed by atoms with E-state index in [0.717, 1.165) is 28.5 Å². The van der Waals surface area contributed by atoms with Gasteiger partial charge in [0, 0.05) is 31.9 Å². The molecule has 0 atom stereocenters. The van der Waals surface area contributed by atoms with Gasteiger partial charge in [0.05, 0.1) is 17.9 Å². The second-order valence-corrected chi connectivity index (χ2v) is 6.25. The molecule has 0 radical (unpaired) electrons. The zero-order chi connectivity index (χ0) is 17.6. The van der Waals surface area contributed by atoms with Crippen LogP contribution in [0.15, 0.2) is 36.5 Å². The molecule has 0 bridgehead atoms. The third-order valence-electron chi connectivity index (χ3n) is 4.29. The smallest absolute Gasteiger partial charge is 0.260 e. The molecule has 0 spiro atoms. The molecule has 7 nitrogen and oxygen atoms in total. The van der Waals surface area contributed by atoms with Gasteiger partial charge in [-0.25, -0.2) is 0 Å². The lowest BCUT2D eigenvalue weighted by molar-refractivity contribution is 0.0995. The molecule has 4 rings (SSSR count). The van der Waals surface area contributed by atoms with Crippen LogP contribution in [0.1, 0.15) is 27.3 Å². The predicted octanol–water partition coefficient (Wildman–Crippen LogP) is 2.20. The summed E-state index contributed by atoms with van der Waals surface area (Å²) in [6.45, 7) is 2.84. The number of ether oxygens (including phenoxy) is 1. The van der Waals surface area contributed by atoms with Crippen molar-refractivity contribution < 1.29 is 9.53 Å². The number of aryl methyl sites for hydroxylation is 3. The number of hydrogen-bond donors (Lipinski definition) is 0. The first-order valence-electron chi connectivity index (χ1n) is 8.08. The molecule has 0 N–H and O–H groups in total. The fourth-order valence-electron chi connectivity index (χ4n) is 3.12. The number of nitrogens with zero attached hydrogens (tertiary/aromatic N) is 5. The minimum absolute atomic E-state index is 0.00530. The third kappa shape index (κ3) is 2.77. The molecule has 0 unspecified atom stereocenters. The Kier molecular flexibility index (Phi) is 3.56. The Labute approximate surface area is 145 Å². The van der Waals surface area contributed by atoms with Gasteiger partial charge in [-0.1, -0.05) is 0 Å². The maximum absolute atomic E-state index is 12.7. The van der Waals surface area contributed by atoms with E-state index < -0.39 is 0 Å². The van der Waals surface area contributed by atoms with Crippen molar-refractivity contribution in [3.05, 3.63) is 59.0 Å². The average Bonchev–Trinajstić information content (AvgIpc) is 3.23. The van der Waals surface area contributed by atoms with Gasteiger partial charge in [-0.15, -0.1) is 0 Å². The Morgan fingerprint density at radius 2 is 2.00 bits per heavy atom. The minimum atomic E-state index is -0.00530. The Hall–Kier alpha value is -3.09. The molecule has 1 aliphatic rings. The lowest BCUT2D eigenvalue weighted by atomic mass is 10.1. The van der Waals surface area contributed by atoms with Crippen molar-refractivity contribution in [3.8, 4) is 5.75 Å². The summed E-state index contributed by atoms with van der Waals surface area (Å²) in [5.41, 5.74) is 3.43. The van der Waals surface area contributed by atoms with Crippen LogP contribution in [0.25, 0.3) is 0 Å². The van der Waals surface area contributed by atoms with Crippen molar-refractivity contribution in [2.24, 2.45) is 14.1 Å². The molecular weight excluding hydrogens is 318 g/mol. The van der Waals surface area contributed by atoms with Gasteiger partial charge in [-0.05, 0) is 36.8 Å². The van der Waals surface area contributed by atoms with Gasteiger partial charge in [0.25, 0.3) is 5.91 Å². The zero-order valence-corrected chi connectivity index (χ0v) is 14.4. The van der Waals surface area contributed by atoms with Crippen molar-refractivity contribution in [2.45, 2.75) is 20.1 Å². The molecule has 128 valence electrons. The topological polar surface area (TPSA) is 65.2 Å². The van der Waals surface area contributed by atoms with Gasteiger partial charge in [0.15, 0.2) is 0 Å². The van der Waals surface area contributed by atoms with Gasteiger partial charge >= 0.3 is 0 Å². The summed E-state index contributed by atoms with van der Waals surface area (Å²) in [4.78, 5) is 14.4. The molecule has 2 aromatic heterocycles. The highest BCUT2D eigenvalue weighted by Crippen LogP contribution is 2.31. The van der Waals surface area contributed by atoms with Crippen LogP contribution in [0.3, 0.4) is 0 Å². The largest absolute Gasteiger partial charge is 0.487 e. The molecule has 1 aromatic carbocycles. The molecule has 3 heterocycles. The van der Waals surface area contributed by atoms with E-state index in [1.807, 2.05) is 57.5 Å². The highest BCUT2D eigenvalue weighted by molar-refractivity contribution is 6.09. The van der Waals surface area contributed by atoms with Crippen molar-refractivity contribution >= 4 is 11.7 Å². The summed E-state index contributed by atoms with van der Waals surface area (Å²) >= 11 is 0. The minimum Gasteiger partial charge on any atom is -0.487 e. The van der Waals surface area contributed by atoms with Crippen LogP contribution in [0, 0.1) is 6.92 Å². The number of carbonyl (C=O) groups is 1. The highest BCUT2D eigenvalue weighted by Gasteiger charge is 2.30. The summed E-state index contributed by atoms with van der Waals surface area (Å²) in [5, 5.41) is 8.62. The number of rotatable bonds is 4. The van der Waals surface area contributed by atoms with E-state index >= 15 is 0 Å². The van der Waals surface area contributed by atoms with E-state index in [4.69, 9.17) is 4.74 Å². The lowest BCUT2D eigenvalue weighted by Crippen LogP contribution is -2.25. The zero-order valence-electron chi connectivity index (χ0n) is 14.4. The summed E-state index contributed by atoms with van der Waals surface area (Å²) in [6.07, 6.45) is 1.88. The first-order valence-corrected chi connectivity index (χ1v) is 8.08. The molecule has 0 saturated heterocycles. The van der Waals surface area contributed by atoms with E-state index in [9.17, 15) is 4.79 Å². The Morgan fingerprint density at radius 1 is 1.16 bits per heavy atom. The second-order valence-electron chi connectivity index (χ2n) is 6.25. The SMILES string of the molecule is Cc1cc(N2Cc3cc(OCc4ccn(C)n4)ccc3C2=O)n(C)n1. The molecule has 0 fully saturated rings. The van der Waals surface area contributed by atoms with Crippen LogP contribution >= 0.6 is 0 Å². The van der Waals surface area contributed by atoms with Crippen molar-refractivity contribution in [1.29, 1.82) is 0 Å². The number of anilines is 1. The summed E-state index contributed by atoms with van der Waals surface area (Å²) in [5.74, 6) is 1.53. The van der Waals surface area contributed by atoms with Gasteiger partial charge in [-0.3, -0.25) is 19.1 Å². The fraction of sp³-hybridized carbons (Fsp3) is 0.278. The Balaban J connectivity index is 1.54. The van der Waals surface area contributed by atoms with E-state index in [-0.39, 0.29) is 5.91 Å². The number of benzene rings is 1. The number of hydrogen-bond acceptors (Lipinski definition) is 4. The molecule has 1 aliphatic heterocycles. The van der Waals surface area contributed by atoms with Crippen LogP contribution in [0.5, 0.6) is 5.75 Å². The van der Waals surface area contributed by atoms with Gasteiger partial charge in [0.1, 0.15) is 18.2 Å². The van der Waals surface area contributed by atoms with E-state index in [2.05, 4.69) is 10.2 Å². The molecule has 3 aromatic rings. The number of amides is 1. The van der Waals surface area contributed by atoms with E-state index in [1.54, 1.807) is 14.3 Å². The first-order chi connectivity index (χ1) is 12.0. The quantitative estimate of drug-likeness (QED) is 0.732. The van der Waals surface area contributed by atoms with Crippen LogP contribution in [-0.4, -0.2) is 25.5 Å². The molecule has 7 heteroatoms. The van der Waals surface area contributed by atoms with E-state index in [1.165, 1.54) is 0 Å². The van der Waals surface area contributed by atoms with Crippen molar-refractivity contribution in [2.75, 3.05) is 4.90 Å². The third-order valence-corrected chi connectivity index (χ3v) is 4.29. The van der Waals surface area contributed by atoms with Gasteiger partial charge in [0.2, 0.25) is 0 Å². The van der Waals surface area contributed by atoms with Crippen LogP contribution in [-0.2, 0) is 27.2 Å². The summed E-state index contributed by atoms with van der Waals surface area (Å²) in [7, 11) is 3.72. The van der Waals surface area contributed by atoms with Crippen molar-refractivity contribution in [1.82, 2.24) is 19.6 Å². The molecule has 0 saturated carbocycles. The number of carbonyl (C=O) groups excluding carboxylic acids is 1. The van der Waals surface area contributed by atoms with Gasteiger partial charge < -0.3 is 4.74 Å². The van der Waals surface area contributed by atoms with Crippen molar-refractivity contribution in [3.63, 3.8) is 0 Å². The second kappa shape index (κ2) is 5.77. The average molecular weight is 337 g/mol. The Bertz CT molecular complexity index is 956. The van der Waals surface area contributed by atoms with E-state index in [0.29, 0.717) is 18.7 Å². The molecular formula is C18H19N5O2.